The van der Waals surface area contributed by atoms with Gasteiger partial charge >= 0.3 is 0 Å². The number of benzene rings is 5. The number of fused-ring (bicyclic) bond motifs is 3. The van der Waals surface area contributed by atoms with Crippen molar-refractivity contribution in [3.63, 3.8) is 0 Å². The first-order valence-electron chi connectivity index (χ1n) is 14.8. The maximum atomic E-state index is 6.22. The molecule has 43 heavy (non-hydrogen) atoms. The molecule has 0 saturated heterocycles. The van der Waals surface area contributed by atoms with Crippen LogP contribution in [0.1, 0.15) is 17.7 Å². The summed E-state index contributed by atoms with van der Waals surface area (Å²) in [7, 11) is 0. The molecule has 5 aromatic carbocycles. The number of hydrogen-bond acceptors (Lipinski definition) is 2. The second-order valence-electron chi connectivity index (χ2n) is 11.1. The number of allylic oxidation sites excluding steroid dienone is 1. The molecule has 2 heteroatoms. The van der Waals surface area contributed by atoms with E-state index in [1.807, 2.05) is 6.07 Å². The average molecular weight is 552 g/mol. The Labute approximate surface area is 251 Å². The molecule has 0 radical (unpaired) electrons. The Kier molecular flexibility index (Phi) is 6.31. The number of pyridine rings is 1. The fourth-order valence-corrected chi connectivity index (χ4v) is 6.13. The summed E-state index contributed by atoms with van der Waals surface area (Å²) in [6, 6.07) is 49.4. The summed E-state index contributed by atoms with van der Waals surface area (Å²) in [4.78, 5) is 5.14. The Morgan fingerprint density at radius 1 is 0.465 bits per heavy atom. The van der Waals surface area contributed by atoms with Gasteiger partial charge in [-0.3, -0.25) is 0 Å². The largest absolute Gasteiger partial charge is 0.456 e. The molecule has 0 atom stereocenters. The van der Waals surface area contributed by atoms with Gasteiger partial charge in [-0.15, -0.1) is 0 Å². The lowest BCUT2D eigenvalue weighted by molar-refractivity contribution is 0.595. The van der Waals surface area contributed by atoms with Crippen LogP contribution in [0.15, 0.2) is 150 Å². The molecule has 0 unspecified atom stereocenters. The van der Waals surface area contributed by atoms with Crippen molar-refractivity contribution >= 4 is 17.0 Å². The van der Waals surface area contributed by atoms with E-state index in [1.165, 1.54) is 27.6 Å². The van der Waals surface area contributed by atoms with E-state index in [2.05, 4.69) is 146 Å². The molecule has 0 bridgehead atoms. The lowest BCUT2D eigenvalue weighted by atomic mass is 9.95. The number of aromatic nitrogens is 1. The van der Waals surface area contributed by atoms with E-state index in [1.54, 1.807) is 0 Å². The van der Waals surface area contributed by atoms with Gasteiger partial charge in [0.05, 0.1) is 11.4 Å². The molecule has 0 aliphatic heterocycles. The summed E-state index contributed by atoms with van der Waals surface area (Å²) in [5.74, 6) is 1.00. The van der Waals surface area contributed by atoms with Gasteiger partial charge in [-0.05, 0) is 82.6 Å². The first-order chi connectivity index (χ1) is 21.3. The van der Waals surface area contributed by atoms with Crippen molar-refractivity contribution in [3.05, 3.63) is 157 Å². The van der Waals surface area contributed by atoms with Crippen LogP contribution in [-0.2, 0) is 6.42 Å². The topological polar surface area (TPSA) is 26.0 Å². The minimum absolute atomic E-state index is 0.958. The third kappa shape index (κ3) is 4.87. The van der Waals surface area contributed by atoms with Gasteiger partial charge in [0, 0.05) is 22.1 Å². The summed E-state index contributed by atoms with van der Waals surface area (Å²) < 4.78 is 6.22. The lowest BCUT2D eigenvalue weighted by Crippen LogP contribution is -1.91. The molecule has 1 aliphatic carbocycles. The molecule has 0 amide bonds. The standard InChI is InChI=1S/C41H29NO/c1-3-11-28(12-4-1)35-25-38(29-13-5-2-6-14-29)42-39(26-35)34-18-10-17-32(24-34)30-15-9-16-31(23-30)33-21-22-37-36-19-7-8-20-40(36)43-41(37)27-33/h1-6,8-18,20-27H,7,19H2. The van der Waals surface area contributed by atoms with E-state index >= 15 is 0 Å². The number of hydrogen-bond donors (Lipinski definition) is 0. The second-order valence-corrected chi connectivity index (χ2v) is 11.1. The SMILES string of the molecule is C1=Cc2oc3cc(-c4cccc(-c5cccc(-c6cc(-c7ccccc7)cc(-c7ccccc7)n6)c5)c4)ccc3c2CC1. The maximum absolute atomic E-state index is 6.22. The van der Waals surface area contributed by atoms with Crippen LogP contribution >= 0.6 is 0 Å². The van der Waals surface area contributed by atoms with Gasteiger partial charge in [0.1, 0.15) is 11.3 Å². The van der Waals surface area contributed by atoms with Crippen LogP contribution in [0.2, 0.25) is 0 Å². The van der Waals surface area contributed by atoms with Crippen molar-refractivity contribution in [2.24, 2.45) is 0 Å². The van der Waals surface area contributed by atoms with Crippen molar-refractivity contribution < 1.29 is 4.42 Å². The van der Waals surface area contributed by atoms with E-state index < -0.39 is 0 Å². The summed E-state index contributed by atoms with van der Waals surface area (Å²) >= 11 is 0. The summed E-state index contributed by atoms with van der Waals surface area (Å²) in [5.41, 5.74) is 13.4. The molecular formula is C41H29NO. The Hall–Kier alpha value is -5.47. The van der Waals surface area contributed by atoms with Crippen molar-refractivity contribution in [2.75, 3.05) is 0 Å². The van der Waals surface area contributed by atoms with Crippen molar-refractivity contribution in [3.8, 4) is 55.9 Å². The molecule has 204 valence electrons. The highest BCUT2D eigenvalue weighted by molar-refractivity contribution is 5.89. The van der Waals surface area contributed by atoms with Gasteiger partial charge in [-0.25, -0.2) is 4.98 Å². The Balaban J connectivity index is 1.18. The van der Waals surface area contributed by atoms with Gasteiger partial charge in [-0.1, -0.05) is 115 Å². The van der Waals surface area contributed by atoms with Gasteiger partial charge < -0.3 is 4.42 Å². The second kappa shape index (κ2) is 10.7. The van der Waals surface area contributed by atoms with Crippen LogP contribution in [0, 0.1) is 0 Å². The lowest BCUT2D eigenvalue weighted by Gasteiger charge is -2.12. The number of rotatable bonds is 5. The minimum atomic E-state index is 0.958. The Morgan fingerprint density at radius 3 is 1.77 bits per heavy atom. The predicted octanol–water partition coefficient (Wildman–Crippen LogP) is 11.1. The monoisotopic (exact) mass is 551 g/mol. The summed E-state index contributed by atoms with van der Waals surface area (Å²) in [6.07, 6.45) is 6.42. The highest BCUT2D eigenvalue weighted by Gasteiger charge is 2.15. The molecule has 2 aromatic heterocycles. The molecule has 2 nitrogen and oxygen atoms in total. The van der Waals surface area contributed by atoms with Gasteiger partial charge in [0.25, 0.3) is 0 Å². The first-order valence-corrected chi connectivity index (χ1v) is 14.8. The quantitative estimate of drug-likeness (QED) is 0.213. The average Bonchev–Trinajstić information content (AvgIpc) is 3.47. The van der Waals surface area contributed by atoms with Crippen LogP contribution in [0.5, 0.6) is 0 Å². The van der Waals surface area contributed by atoms with E-state index in [9.17, 15) is 0 Å². The molecule has 7 aromatic rings. The van der Waals surface area contributed by atoms with Crippen LogP contribution in [0.3, 0.4) is 0 Å². The Bertz CT molecular complexity index is 2060. The Morgan fingerprint density at radius 2 is 1.05 bits per heavy atom. The maximum Gasteiger partial charge on any atom is 0.135 e. The highest BCUT2D eigenvalue weighted by Crippen LogP contribution is 2.36. The van der Waals surface area contributed by atoms with E-state index in [0.29, 0.717) is 0 Å². The zero-order valence-electron chi connectivity index (χ0n) is 23.7. The summed E-state index contributed by atoms with van der Waals surface area (Å²) in [6.45, 7) is 0. The molecule has 0 spiro atoms. The molecule has 2 heterocycles. The first kappa shape index (κ1) is 25.3. The van der Waals surface area contributed by atoms with Crippen LogP contribution in [0.4, 0.5) is 0 Å². The van der Waals surface area contributed by atoms with E-state index in [0.717, 1.165) is 63.4 Å². The molecular weight excluding hydrogens is 522 g/mol. The van der Waals surface area contributed by atoms with Crippen LogP contribution in [0.25, 0.3) is 72.9 Å². The predicted molar refractivity (Wildman–Crippen MR) is 179 cm³/mol. The zero-order chi connectivity index (χ0) is 28.6. The van der Waals surface area contributed by atoms with E-state index in [4.69, 9.17) is 9.40 Å². The van der Waals surface area contributed by atoms with Crippen molar-refractivity contribution in [1.82, 2.24) is 4.98 Å². The number of aryl methyl sites for hydroxylation is 1. The summed E-state index contributed by atoms with van der Waals surface area (Å²) in [5, 5.41) is 1.23. The van der Waals surface area contributed by atoms with Crippen LogP contribution < -0.4 is 0 Å². The fraction of sp³-hybridized carbons (Fsp3) is 0.0488. The third-order valence-corrected chi connectivity index (χ3v) is 8.34. The zero-order valence-corrected chi connectivity index (χ0v) is 23.7. The van der Waals surface area contributed by atoms with Crippen LogP contribution in [-0.4, -0.2) is 4.98 Å². The highest BCUT2D eigenvalue weighted by atomic mass is 16.3. The molecule has 0 fully saturated rings. The molecule has 0 N–H and O–H groups in total. The molecule has 8 rings (SSSR count). The number of furan rings is 1. The minimum Gasteiger partial charge on any atom is -0.456 e. The van der Waals surface area contributed by atoms with Gasteiger partial charge in [0.15, 0.2) is 0 Å². The van der Waals surface area contributed by atoms with Gasteiger partial charge in [-0.2, -0.15) is 0 Å². The third-order valence-electron chi connectivity index (χ3n) is 8.34. The number of nitrogens with zero attached hydrogens (tertiary/aromatic N) is 1. The van der Waals surface area contributed by atoms with Crippen molar-refractivity contribution in [1.29, 1.82) is 0 Å². The van der Waals surface area contributed by atoms with E-state index in [-0.39, 0.29) is 0 Å². The van der Waals surface area contributed by atoms with Gasteiger partial charge in [0.2, 0.25) is 0 Å². The van der Waals surface area contributed by atoms with Crippen molar-refractivity contribution in [2.45, 2.75) is 12.8 Å². The molecule has 0 saturated carbocycles. The molecule has 1 aliphatic rings. The fourth-order valence-electron chi connectivity index (χ4n) is 6.13. The normalized spacial score (nSPS) is 12.4. The smallest absolute Gasteiger partial charge is 0.135 e.